The van der Waals surface area contributed by atoms with E-state index in [0.717, 1.165) is 24.2 Å². The Bertz CT molecular complexity index is 276. The summed E-state index contributed by atoms with van der Waals surface area (Å²) in [7, 11) is 3.92. The van der Waals surface area contributed by atoms with Crippen LogP contribution in [-0.2, 0) is 6.54 Å². The number of carbonyl (C=O) groups is 1. The van der Waals surface area contributed by atoms with Gasteiger partial charge in [0.15, 0.2) is 12.0 Å². The molecular formula is C9H13NO2. The van der Waals surface area contributed by atoms with E-state index in [1.807, 2.05) is 25.9 Å². The van der Waals surface area contributed by atoms with Gasteiger partial charge in [0.05, 0.1) is 6.54 Å². The van der Waals surface area contributed by atoms with Crippen LogP contribution in [0, 0.1) is 6.92 Å². The first-order valence-corrected chi connectivity index (χ1v) is 3.82. The molecule has 0 saturated heterocycles. The Balaban J connectivity index is 2.84. The second-order valence-electron chi connectivity index (χ2n) is 3.11. The minimum absolute atomic E-state index is 0.407. The van der Waals surface area contributed by atoms with Crippen LogP contribution in [0.15, 0.2) is 10.5 Å². The predicted octanol–water partition coefficient (Wildman–Crippen LogP) is 1.46. The average molecular weight is 167 g/mol. The lowest BCUT2D eigenvalue weighted by Crippen LogP contribution is -2.10. The quantitative estimate of drug-likeness (QED) is 0.639. The second-order valence-corrected chi connectivity index (χ2v) is 3.11. The summed E-state index contributed by atoms with van der Waals surface area (Å²) in [5, 5.41) is 0. The lowest BCUT2D eigenvalue weighted by atomic mass is 10.2. The van der Waals surface area contributed by atoms with Crippen molar-refractivity contribution in [2.75, 3.05) is 14.1 Å². The molecule has 1 aromatic heterocycles. The molecule has 0 spiro atoms. The zero-order chi connectivity index (χ0) is 9.14. The van der Waals surface area contributed by atoms with Crippen LogP contribution in [0.25, 0.3) is 0 Å². The Labute approximate surface area is 72.0 Å². The molecule has 1 heterocycles. The molecule has 1 aromatic rings. The molecule has 12 heavy (non-hydrogen) atoms. The summed E-state index contributed by atoms with van der Waals surface area (Å²) >= 11 is 0. The second kappa shape index (κ2) is 3.54. The summed E-state index contributed by atoms with van der Waals surface area (Å²) in [6.07, 6.45) is 0.728. The smallest absolute Gasteiger partial charge is 0.185 e. The van der Waals surface area contributed by atoms with Crippen LogP contribution >= 0.6 is 0 Å². The lowest BCUT2D eigenvalue weighted by molar-refractivity contribution is 0.109. The summed E-state index contributed by atoms with van der Waals surface area (Å²) in [6.45, 7) is 2.68. The van der Waals surface area contributed by atoms with Crippen LogP contribution in [0.4, 0.5) is 0 Å². The first-order valence-electron chi connectivity index (χ1n) is 3.82. The maximum Gasteiger partial charge on any atom is 0.185 e. The van der Waals surface area contributed by atoms with E-state index in [0.29, 0.717) is 5.76 Å². The third kappa shape index (κ3) is 1.95. The average Bonchev–Trinajstić information content (AvgIpc) is 2.31. The third-order valence-electron chi connectivity index (χ3n) is 1.62. The highest BCUT2D eigenvalue weighted by molar-refractivity contribution is 5.71. The molecule has 0 atom stereocenters. The van der Waals surface area contributed by atoms with Crippen molar-refractivity contribution >= 4 is 6.29 Å². The van der Waals surface area contributed by atoms with Crippen molar-refractivity contribution in [1.29, 1.82) is 0 Å². The molecule has 66 valence electrons. The number of nitrogens with zero attached hydrogens (tertiary/aromatic N) is 1. The largest absolute Gasteiger partial charge is 0.457 e. The molecule has 0 aliphatic heterocycles. The molecule has 3 nitrogen and oxygen atoms in total. The fourth-order valence-electron chi connectivity index (χ4n) is 1.05. The standard InChI is InChI=1S/C9H13NO2/c1-7-4-8(6-11)12-9(7)5-10(2)3/h4,6H,5H2,1-3H3. The van der Waals surface area contributed by atoms with E-state index in [9.17, 15) is 4.79 Å². The number of hydrogen-bond acceptors (Lipinski definition) is 3. The van der Waals surface area contributed by atoms with Gasteiger partial charge in [0.1, 0.15) is 5.76 Å². The van der Waals surface area contributed by atoms with Crippen molar-refractivity contribution in [2.45, 2.75) is 13.5 Å². The van der Waals surface area contributed by atoms with E-state index in [2.05, 4.69) is 0 Å². The van der Waals surface area contributed by atoms with E-state index in [1.165, 1.54) is 0 Å². The predicted molar refractivity (Wildman–Crippen MR) is 46.2 cm³/mol. The number of rotatable bonds is 3. The van der Waals surface area contributed by atoms with Crippen molar-refractivity contribution in [3.63, 3.8) is 0 Å². The van der Waals surface area contributed by atoms with Gasteiger partial charge in [0.2, 0.25) is 0 Å². The van der Waals surface area contributed by atoms with Crippen LogP contribution < -0.4 is 0 Å². The Morgan fingerprint density at radius 2 is 2.25 bits per heavy atom. The maximum atomic E-state index is 10.4. The zero-order valence-electron chi connectivity index (χ0n) is 7.63. The molecule has 0 unspecified atom stereocenters. The van der Waals surface area contributed by atoms with Crippen LogP contribution in [0.2, 0.25) is 0 Å². The van der Waals surface area contributed by atoms with E-state index in [1.54, 1.807) is 6.07 Å². The number of carbonyl (C=O) groups excluding carboxylic acids is 1. The van der Waals surface area contributed by atoms with E-state index >= 15 is 0 Å². The molecule has 1 rings (SSSR count). The molecule has 0 amide bonds. The molecule has 3 heteroatoms. The number of furan rings is 1. The van der Waals surface area contributed by atoms with Crippen molar-refractivity contribution in [3.05, 3.63) is 23.2 Å². The monoisotopic (exact) mass is 167 g/mol. The Morgan fingerprint density at radius 1 is 1.58 bits per heavy atom. The van der Waals surface area contributed by atoms with Crippen molar-refractivity contribution < 1.29 is 9.21 Å². The van der Waals surface area contributed by atoms with Gasteiger partial charge in [0.25, 0.3) is 0 Å². The molecule has 0 aliphatic rings. The zero-order valence-corrected chi connectivity index (χ0v) is 7.63. The normalized spacial score (nSPS) is 10.7. The molecule has 0 radical (unpaired) electrons. The highest BCUT2D eigenvalue weighted by Crippen LogP contribution is 2.13. The van der Waals surface area contributed by atoms with Gasteiger partial charge in [-0.2, -0.15) is 0 Å². The van der Waals surface area contributed by atoms with Crippen LogP contribution in [0.3, 0.4) is 0 Å². The van der Waals surface area contributed by atoms with Gasteiger partial charge in [-0.1, -0.05) is 0 Å². The molecule has 0 aliphatic carbocycles. The minimum atomic E-state index is 0.407. The van der Waals surface area contributed by atoms with Gasteiger partial charge in [-0.3, -0.25) is 4.79 Å². The van der Waals surface area contributed by atoms with Crippen LogP contribution in [0.1, 0.15) is 21.9 Å². The summed E-state index contributed by atoms with van der Waals surface area (Å²) < 4.78 is 5.26. The fraction of sp³-hybridized carbons (Fsp3) is 0.444. The first-order chi connectivity index (χ1) is 5.63. The Kier molecular flexibility index (Phi) is 2.65. The van der Waals surface area contributed by atoms with Crippen molar-refractivity contribution in [2.24, 2.45) is 0 Å². The van der Waals surface area contributed by atoms with Crippen molar-refractivity contribution in [3.8, 4) is 0 Å². The summed E-state index contributed by atoms with van der Waals surface area (Å²) in [5.74, 6) is 1.27. The SMILES string of the molecule is Cc1cc(C=O)oc1CN(C)C. The van der Waals surface area contributed by atoms with Crippen LogP contribution in [-0.4, -0.2) is 25.3 Å². The van der Waals surface area contributed by atoms with Gasteiger partial charge in [-0.15, -0.1) is 0 Å². The maximum absolute atomic E-state index is 10.4. The summed E-state index contributed by atoms with van der Waals surface area (Å²) in [6, 6.07) is 1.76. The number of aldehydes is 1. The fourth-order valence-corrected chi connectivity index (χ4v) is 1.05. The summed E-state index contributed by atoms with van der Waals surface area (Å²) in [5.41, 5.74) is 1.03. The molecule has 0 aromatic carbocycles. The van der Waals surface area contributed by atoms with Gasteiger partial charge in [-0.25, -0.2) is 0 Å². The molecule has 0 fully saturated rings. The summed E-state index contributed by atoms with van der Waals surface area (Å²) in [4.78, 5) is 12.4. The van der Waals surface area contributed by atoms with Gasteiger partial charge < -0.3 is 9.32 Å². The number of hydrogen-bond donors (Lipinski definition) is 0. The van der Waals surface area contributed by atoms with Crippen molar-refractivity contribution in [1.82, 2.24) is 4.90 Å². The topological polar surface area (TPSA) is 33.5 Å². The minimum Gasteiger partial charge on any atom is -0.457 e. The Hall–Kier alpha value is -1.09. The first kappa shape index (κ1) is 9.00. The van der Waals surface area contributed by atoms with Gasteiger partial charge >= 0.3 is 0 Å². The highest BCUT2D eigenvalue weighted by Gasteiger charge is 2.06. The van der Waals surface area contributed by atoms with E-state index in [-0.39, 0.29) is 0 Å². The van der Waals surface area contributed by atoms with Gasteiger partial charge in [0, 0.05) is 0 Å². The lowest BCUT2D eigenvalue weighted by Gasteiger charge is -2.06. The van der Waals surface area contributed by atoms with E-state index in [4.69, 9.17) is 4.42 Å². The number of aryl methyl sites for hydroxylation is 1. The molecule has 0 N–H and O–H groups in total. The van der Waals surface area contributed by atoms with E-state index < -0.39 is 0 Å². The molecule has 0 saturated carbocycles. The highest BCUT2D eigenvalue weighted by atomic mass is 16.3. The third-order valence-corrected chi connectivity index (χ3v) is 1.62. The van der Waals surface area contributed by atoms with Gasteiger partial charge in [-0.05, 0) is 32.6 Å². The molecular weight excluding hydrogens is 154 g/mol. The molecule has 0 bridgehead atoms. The Morgan fingerprint density at radius 3 is 2.67 bits per heavy atom. The van der Waals surface area contributed by atoms with Crippen LogP contribution in [0.5, 0.6) is 0 Å².